The second-order valence-electron chi connectivity index (χ2n) is 5.06. The zero-order chi connectivity index (χ0) is 17.4. The van der Waals surface area contributed by atoms with Crippen LogP contribution in [0.4, 0.5) is 4.39 Å². The summed E-state index contributed by atoms with van der Waals surface area (Å²) in [6, 6.07) is 12.6. The smallest absolute Gasteiger partial charge is 0.191 e. The number of nitrogens with zero attached hydrogens (tertiary/aromatic N) is 1. The van der Waals surface area contributed by atoms with E-state index in [-0.39, 0.29) is 11.6 Å². The lowest BCUT2D eigenvalue weighted by Gasteiger charge is -2.14. The third-order valence-electron chi connectivity index (χ3n) is 3.54. The minimum absolute atomic E-state index is 0.234. The second kappa shape index (κ2) is 8.76. The number of aliphatic imine (C=N–C) groups is 1. The predicted octanol–water partition coefficient (Wildman–Crippen LogP) is 2.71. The van der Waals surface area contributed by atoms with Gasteiger partial charge in [0, 0.05) is 25.7 Å². The van der Waals surface area contributed by atoms with Crippen LogP contribution in [0.15, 0.2) is 47.5 Å². The minimum Gasteiger partial charge on any atom is -0.496 e. The largest absolute Gasteiger partial charge is 0.496 e. The average Bonchev–Trinajstić information content (AvgIpc) is 2.62. The predicted molar refractivity (Wildman–Crippen MR) is 93.0 cm³/mol. The van der Waals surface area contributed by atoms with E-state index in [1.807, 2.05) is 30.3 Å². The zero-order valence-electron chi connectivity index (χ0n) is 14.1. The molecule has 2 rings (SSSR count). The lowest BCUT2D eigenvalue weighted by Crippen LogP contribution is -2.36. The van der Waals surface area contributed by atoms with Gasteiger partial charge < -0.3 is 20.1 Å². The van der Waals surface area contributed by atoms with Gasteiger partial charge in [0.05, 0.1) is 14.2 Å². The van der Waals surface area contributed by atoms with Crippen LogP contribution < -0.4 is 20.1 Å². The Morgan fingerprint density at radius 3 is 2.38 bits per heavy atom. The van der Waals surface area contributed by atoms with E-state index < -0.39 is 0 Å². The number of guanidine groups is 1. The fourth-order valence-corrected chi connectivity index (χ4v) is 2.25. The molecule has 0 saturated carbocycles. The Kier molecular flexibility index (Phi) is 6.42. The Morgan fingerprint density at radius 2 is 1.71 bits per heavy atom. The van der Waals surface area contributed by atoms with E-state index in [0.717, 1.165) is 16.9 Å². The molecule has 128 valence electrons. The molecule has 24 heavy (non-hydrogen) atoms. The van der Waals surface area contributed by atoms with Crippen LogP contribution in [-0.2, 0) is 13.1 Å². The molecule has 2 N–H and O–H groups in total. The first-order chi connectivity index (χ1) is 11.7. The molecular weight excluding hydrogens is 309 g/mol. The standard InChI is InChI=1S/C18H22FN3O2/c1-20-18(22-12-14-6-4-5-7-16(14)23-2)21-11-13-8-9-17(24-3)15(19)10-13/h4-10H,11-12H2,1-3H3,(H2,20,21,22). The molecule has 0 amide bonds. The van der Waals surface area contributed by atoms with Gasteiger partial charge in [-0.2, -0.15) is 0 Å². The monoisotopic (exact) mass is 331 g/mol. The van der Waals surface area contributed by atoms with Crippen LogP contribution in [0, 0.1) is 5.82 Å². The highest BCUT2D eigenvalue weighted by Gasteiger charge is 2.06. The van der Waals surface area contributed by atoms with E-state index in [0.29, 0.717) is 19.0 Å². The van der Waals surface area contributed by atoms with Crippen LogP contribution >= 0.6 is 0 Å². The normalized spacial score (nSPS) is 11.1. The topological polar surface area (TPSA) is 54.9 Å². The number of rotatable bonds is 6. The van der Waals surface area contributed by atoms with Crippen LogP contribution in [0.25, 0.3) is 0 Å². The number of para-hydroxylation sites is 1. The first-order valence-corrected chi connectivity index (χ1v) is 7.56. The van der Waals surface area contributed by atoms with Crippen LogP contribution in [-0.4, -0.2) is 27.2 Å². The Labute approximate surface area is 141 Å². The summed E-state index contributed by atoms with van der Waals surface area (Å²) in [5, 5.41) is 6.36. The highest BCUT2D eigenvalue weighted by atomic mass is 19.1. The summed E-state index contributed by atoms with van der Waals surface area (Å²) in [6.07, 6.45) is 0. The number of ether oxygens (including phenoxy) is 2. The van der Waals surface area contributed by atoms with Crippen LogP contribution in [0.3, 0.4) is 0 Å². The maximum atomic E-state index is 13.7. The molecule has 6 heteroatoms. The van der Waals surface area contributed by atoms with Crippen molar-refractivity contribution in [1.29, 1.82) is 0 Å². The molecule has 0 spiro atoms. The summed E-state index contributed by atoms with van der Waals surface area (Å²) in [7, 11) is 4.77. The van der Waals surface area contributed by atoms with Crippen LogP contribution in [0.5, 0.6) is 11.5 Å². The van der Waals surface area contributed by atoms with E-state index in [1.165, 1.54) is 13.2 Å². The van der Waals surface area contributed by atoms with E-state index in [1.54, 1.807) is 20.2 Å². The maximum absolute atomic E-state index is 13.7. The quantitative estimate of drug-likeness (QED) is 0.631. The highest BCUT2D eigenvalue weighted by molar-refractivity contribution is 5.79. The molecule has 0 aromatic heterocycles. The van der Waals surface area contributed by atoms with Crippen molar-refractivity contribution in [3.8, 4) is 11.5 Å². The molecule has 2 aromatic carbocycles. The fourth-order valence-electron chi connectivity index (χ4n) is 2.25. The molecule has 0 saturated heterocycles. The van der Waals surface area contributed by atoms with Gasteiger partial charge in [-0.1, -0.05) is 24.3 Å². The lowest BCUT2D eigenvalue weighted by molar-refractivity contribution is 0.386. The van der Waals surface area contributed by atoms with Crippen molar-refractivity contribution in [2.45, 2.75) is 13.1 Å². The molecule has 0 aliphatic carbocycles. The molecule has 0 radical (unpaired) electrons. The molecule has 0 aliphatic heterocycles. The zero-order valence-corrected chi connectivity index (χ0v) is 14.1. The summed E-state index contributed by atoms with van der Waals surface area (Å²) >= 11 is 0. The molecule has 0 atom stereocenters. The number of hydrogen-bond acceptors (Lipinski definition) is 3. The third kappa shape index (κ3) is 4.62. The van der Waals surface area contributed by atoms with Crippen molar-refractivity contribution in [2.75, 3.05) is 21.3 Å². The van der Waals surface area contributed by atoms with Crippen molar-refractivity contribution in [2.24, 2.45) is 4.99 Å². The minimum atomic E-state index is -0.381. The van der Waals surface area contributed by atoms with E-state index in [9.17, 15) is 4.39 Å². The molecule has 0 fully saturated rings. The van der Waals surface area contributed by atoms with Crippen LogP contribution in [0.1, 0.15) is 11.1 Å². The number of benzene rings is 2. The van der Waals surface area contributed by atoms with Gasteiger partial charge >= 0.3 is 0 Å². The summed E-state index contributed by atoms with van der Waals surface area (Å²) in [5.74, 6) is 1.29. The number of hydrogen-bond donors (Lipinski definition) is 2. The maximum Gasteiger partial charge on any atom is 0.191 e. The van der Waals surface area contributed by atoms with E-state index in [2.05, 4.69) is 15.6 Å². The Balaban J connectivity index is 1.92. The second-order valence-corrected chi connectivity index (χ2v) is 5.06. The molecule has 0 unspecified atom stereocenters. The van der Waals surface area contributed by atoms with Gasteiger partial charge in [0.2, 0.25) is 0 Å². The Bertz CT molecular complexity index is 704. The Hall–Kier alpha value is -2.76. The fraction of sp³-hybridized carbons (Fsp3) is 0.278. The first-order valence-electron chi connectivity index (χ1n) is 7.56. The van der Waals surface area contributed by atoms with E-state index >= 15 is 0 Å². The van der Waals surface area contributed by atoms with Crippen molar-refractivity contribution >= 4 is 5.96 Å². The SMILES string of the molecule is CN=C(NCc1ccc(OC)c(F)c1)NCc1ccccc1OC. The average molecular weight is 331 g/mol. The summed E-state index contributed by atoms with van der Waals surface area (Å²) in [5.41, 5.74) is 1.83. The van der Waals surface area contributed by atoms with Crippen molar-refractivity contribution in [3.05, 3.63) is 59.4 Å². The molecule has 2 aromatic rings. The summed E-state index contributed by atoms with van der Waals surface area (Å²) in [4.78, 5) is 4.16. The van der Waals surface area contributed by atoms with Crippen molar-refractivity contribution < 1.29 is 13.9 Å². The van der Waals surface area contributed by atoms with Gasteiger partial charge in [-0.3, -0.25) is 4.99 Å². The highest BCUT2D eigenvalue weighted by Crippen LogP contribution is 2.18. The molecule has 0 heterocycles. The number of methoxy groups -OCH3 is 2. The number of nitrogens with one attached hydrogen (secondary N) is 2. The third-order valence-corrected chi connectivity index (χ3v) is 3.54. The molecular formula is C18H22FN3O2. The van der Waals surface area contributed by atoms with Gasteiger partial charge in [-0.05, 0) is 23.8 Å². The van der Waals surface area contributed by atoms with Gasteiger partial charge in [0.1, 0.15) is 5.75 Å². The van der Waals surface area contributed by atoms with Crippen molar-refractivity contribution in [1.82, 2.24) is 10.6 Å². The Morgan fingerprint density at radius 1 is 1.00 bits per heavy atom. The first kappa shape index (κ1) is 17.6. The van der Waals surface area contributed by atoms with Crippen LogP contribution in [0.2, 0.25) is 0 Å². The van der Waals surface area contributed by atoms with Gasteiger partial charge in [-0.25, -0.2) is 4.39 Å². The van der Waals surface area contributed by atoms with E-state index in [4.69, 9.17) is 9.47 Å². The van der Waals surface area contributed by atoms with Gasteiger partial charge in [0.15, 0.2) is 17.5 Å². The van der Waals surface area contributed by atoms with Gasteiger partial charge in [-0.15, -0.1) is 0 Å². The summed E-state index contributed by atoms with van der Waals surface area (Å²) in [6.45, 7) is 1.02. The molecule has 0 aliphatic rings. The molecule has 0 bridgehead atoms. The summed E-state index contributed by atoms with van der Waals surface area (Å²) < 4.78 is 23.9. The van der Waals surface area contributed by atoms with Gasteiger partial charge in [0.25, 0.3) is 0 Å². The molecule has 5 nitrogen and oxygen atoms in total. The number of halogens is 1. The van der Waals surface area contributed by atoms with Crippen molar-refractivity contribution in [3.63, 3.8) is 0 Å². The lowest BCUT2D eigenvalue weighted by atomic mass is 10.2.